The van der Waals surface area contributed by atoms with Gasteiger partial charge in [0.25, 0.3) is 0 Å². The molecular weight excluding hydrogens is 204 g/mol. The summed E-state index contributed by atoms with van der Waals surface area (Å²) in [5, 5.41) is 12.6. The zero-order valence-corrected chi connectivity index (χ0v) is 9.47. The van der Waals surface area contributed by atoms with Crippen LogP contribution in [0.5, 0.6) is 0 Å². The largest absolute Gasteiger partial charge is 0.480 e. The van der Waals surface area contributed by atoms with E-state index in [0.29, 0.717) is 12.0 Å². The number of hydrogen-bond acceptors (Lipinski definition) is 3. The lowest BCUT2D eigenvalue weighted by Crippen LogP contribution is -2.48. The van der Waals surface area contributed by atoms with E-state index in [0.717, 1.165) is 12.0 Å². The van der Waals surface area contributed by atoms with Gasteiger partial charge in [0, 0.05) is 18.4 Å². The van der Waals surface area contributed by atoms with Gasteiger partial charge in [-0.05, 0) is 37.0 Å². The van der Waals surface area contributed by atoms with Crippen LogP contribution in [0.2, 0.25) is 0 Å². The minimum atomic E-state index is -1.02. The van der Waals surface area contributed by atoms with Gasteiger partial charge >= 0.3 is 5.97 Å². The van der Waals surface area contributed by atoms with E-state index in [1.54, 1.807) is 31.5 Å². The topological polar surface area (TPSA) is 62.2 Å². The second-order valence-electron chi connectivity index (χ2n) is 4.63. The predicted molar refractivity (Wildman–Crippen MR) is 59.9 cm³/mol. The van der Waals surface area contributed by atoms with Crippen molar-refractivity contribution in [1.29, 1.82) is 0 Å². The van der Waals surface area contributed by atoms with E-state index in [1.165, 1.54) is 0 Å². The Balaban J connectivity index is 2.25. The van der Waals surface area contributed by atoms with Crippen LogP contribution >= 0.6 is 0 Å². The van der Waals surface area contributed by atoms with Crippen molar-refractivity contribution in [2.75, 3.05) is 0 Å². The number of carbonyl (C=O) groups is 1. The van der Waals surface area contributed by atoms with Crippen molar-refractivity contribution in [3.8, 4) is 0 Å². The van der Waals surface area contributed by atoms with E-state index in [9.17, 15) is 9.90 Å². The highest BCUT2D eigenvalue weighted by molar-refractivity contribution is 5.80. The smallest absolute Gasteiger partial charge is 0.328 e. The van der Waals surface area contributed by atoms with Crippen LogP contribution in [-0.2, 0) is 10.3 Å². The Kier molecular flexibility index (Phi) is 2.68. The monoisotopic (exact) mass is 220 g/mol. The number of aromatic nitrogens is 1. The fourth-order valence-corrected chi connectivity index (χ4v) is 1.85. The highest BCUT2D eigenvalue weighted by Crippen LogP contribution is 2.34. The van der Waals surface area contributed by atoms with Gasteiger partial charge in [-0.3, -0.25) is 10.3 Å². The standard InChI is InChI=1S/C12H16N2O2/c1-8-7-10(8)14-12(2,11(15)16)9-3-5-13-6-4-9/h3-6,8,10,14H,7H2,1-2H3,(H,15,16). The first kappa shape index (κ1) is 11.1. The summed E-state index contributed by atoms with van der Waals surface area (Å²) in [6.45, 7) is 3.82. The third-order valence-corrected chi connectivity index (χ3v) is 3.27. The van der Waals surface area contributed by atoms with Crippen LogP contribution in [0.3, 0.4) is 0 Å². The fraction of sp³-hybridized carbons (Fsp3) is 0.500. The van der Waals surface area contributed by atoms with Crippen LogP contribution in [0.4, 0.5) is 0 Å². The molecule has 3 atom stereocenters. The average molecular weight is 220 g/mol. The van der Waals surface area contributed by atoms with Crippen LogP contribution in [0.25, 0.3) is 0 Å². The maximum atomic E-state index is 11.4. The average Bonchev–Trinajstić information content (AvgIpc) is 2.95. The first-order valence-electron chi connectivity index (χ1n) is 5.45. The number of carboxylic acids is 1. The molecule has 1 aromatic heterocycles. The van der Waals surface area contributed by atoms with Gasteiger partial charge in [-0.15, -0.1) is 0 Å². The quantitative estimate of drug-likeness (QED) is 0.804. The molecule has 2 rings (SSSR count). The molecule has 1 fully saturated rings. The van der Waals surface area contributed by atoms with Crippen LogP contribution < -0.4 is 5.32 Å². The second-order valence-corrected chi connectivity index (χ2v) is 4.63. The van der Waals surface area contributed by atoms with E-state index in [4.69, 9.17) is 0 Å². The Labute approximate surface area is 94.7 Å². The molecule has 0 spiro atoms. The summed E-state index contributed by atoms with van der Waals surface area (Å²) in [5.74, 6) is -0.279. The molecule has 0 aromatic carbocycles. The molecule has 1 saturated carbocycles. The van der Waals surface area contributed by atoms with Crippen molar-refractivity contribution >= 4 is 5.97 Å². The van der Waals surface area contributed by atoms with Gasteiger partial charge in [0.1, 0.15) is 5.54 Å². The highest BCUT2D eigenvalue weighted by Gasteiger charge is 2.43. The van der Waals surface area contributed by atoms with Gasteiger partial charge in [-0.25, -0.2) is 4.79 Å². The predicted octanol–water partition coefficient (Wildman–Crippen LogP) is 1.38. The Morgan fingerprint density at radius 3 is 2.56 bits per heavy atom. The van der Waals surface area contributed by atoms with E-state index >= 15 is 0 Å². The van der Waals surface area contributed by atoms with Crippen molar-refractivity contribution < 1.29 is 9.90 Å². The molecule has 0 radical (unpaired) electrons. The molecule has 0 bridgehead atoms. The van der Waals surface area contributed by atoms with Crippen molar-refractivity contribution in [1.82, 2.24) is 10.3 Å². The van der Waals surface area contributed by atoms with Gasteiger partial charge < -0.3 is 5.11 Å². The first-order valence-corrected chi connectivity index (χ1v) is 5.45. The number of pyridine rings is 1. The zero-order chi connectivity index (χ0) is 11.8. The summed E-state index contributed by atoms with van der Waals surface area (Å²) in [7, 11) is 0. The van der Waals surface area contributed by atoms with E-state index in [2.05, 4.69) is 17.2 Å². The number of carboxylic acid groups (broad SMARTS) is 1. The molecule has 3 unspecified atom stereocenters. The lowest BCUT2D eigenvalue weighted by molar-refractivity contribution is -0.144. The molecule has 4 heteroatoms. The normalized spacial score (nSPS) is 27.1. The third kappa shape index (κ3) is 1.93. The number of nitrogens with zero attached hydrogens (tertiary/aromatic N) is 1. The summed E-state index contributed by atoms with van der Waals surface area (Å²) in [5.41, 5.74) is -0.271. The van der Waals surface area contributed by atoms with Crippen LogP contribution in [-0.4, -0.2) is 22.1 Å². The number of aliphatic carboxylic acids is 1. The SMILES string of the molecule is CC1CC1NC(C)(C(=O)O)c1ccncc1. The molecule has 1 aliphatic rings. The van der Waals surface area contributed by atoms with E-state index in [1.807, 2.05) is 0 Å². The molecule has 4 nitrogen and oxygen atoms in total. The zero-order valence-electron chi connectivity index (χ0n) is 9.47. The maximum Gasteiger partial charge on any atom is 0.328 e. The molecule has 0 saturated heterocycles. The molecule has 1 aliphatic carbocycles. The molecule has 86 valence electrons. The maximum absolute atomic E-state index is 11.4. The molecule has 0 amide bonds. The molecule has 16 heavy (non-hydrogen) atoms. The fourth-order valence-electron chi connectivity index (χ4n) is 1.85. The molecular formula is C12H16N2O2. The van der Waals surface area contributed by atoms with E-state index in [-0.39, 0.29) is 0 Å². The molecule has 1 aromatic rings. The molecule has 0 aliphatic heterocycles. The van der Waals surface area contributed by atoms with Gasteiger partial charge in [0.2, 0.25) is 0 Å². The van der Waals surface area contributed by atoms with Crippen LogP contribution in [0.1, 0.15) is 25.8 Å². The minimum absolute atomic E-state index is 0.314. The van der Waals surface area contributed by atoms with E-state index < -0.39 is 11.5 Å². The summed E-state index contributed by atoms with van der Waals surface area (Å²) in [4.78, 5) is 15.3. The Bertz CT molecular complexity index is 393. The third-order valence-electron chi connectivity index (χ3n) is 3.27. The lowest BCUT2D eigenvalue weighted by Gasteiger charge is -2.27. The summed E-state index contributed by atoms with van der Waals surface area (Å²) >= 11 is 0. The molecule has 2 N–H and O–H groups in total. The van der Waals surface area contributed by atoms with Gasteiger partial charge in [0.15, 0.2) is 0 Å². The van der Waals surface area contributed by atoms with Crippen molar-refractivity contribution in [2.45, 2.75) is 31.8 Å². The Morgan fingerprint density at radius 2 is 2.12 bits per heavy atom. The number of rotatable bonds is 4. The van der Waals surface area contributed by atoms with Crippen molar-refractivity contribution in [3.63, 3.8) is 0 Å². The number of nitrogens with one attached hydrogen (secondary N) is 1. The van der Waals surface area contributed by atoms with Gasteiger partial charge in [0.05, 0.1) is 0 Å². The van der Waals surface area contributed by atoms with Gasteiger partial charge in [-0.2, -0.15) is 0 Å². The van der Waals surface area contributed by atoms with Crippen LogP contribution in [0, 0.1) is 5.92 Å². The summed E-state index contributed by atoms with van der Waals surface area (Å²) in [6.07, 6.45) is 4.29. The van der Waals surface area contributed by atoms with Crippen LogP contribution in [0.15, 0.2) is 24.5 Å². The summed E-state index contributed by atoms with van der Waals surface area (Å²) < 4.78 is 0. The number of hydrogen-bond donors (Lipinski definition) is 2. The Morgan fingerprint density at radius 1 is 1.56 bits per heavy atom. The second kappa shape index (κ2) is 3.87. The van der Waals surface area contributed by atoms with Gasteiger partial charge in [-0.1, -0.05) is 6.92 Å². The van der Waals surface area contributed by atoms with Crippen molar-refractivity contribution in [2.24, 2.45) is 5.92 Å². The lowest BCUT2D eigenvalue weighted by atomic mass is 9.93. The highest BCUT2D eigenvalue weighted by atomic mass is 16.4. The van der Waals surface area contributed by atoms with Crippen molar-refractivity contribution in [3.05, 3.63) is 30.1 Å². The Hall–Kier alpha value is -1.42. The first-order chi connectivity index (χ1) is 7.54. The molecule has 1 heterocycles. The summed E-state index contributed by atoms with van der Waals surface area (Å²) in [6, 6.07) is 3.80. The minimum Gasteiger partial charge on any atom is -0.480 e.